The monoisotopic (exact) mass is 330 g/mol. The molecule has 1 aromatic rings. The minimum Gasteiger partial charge on any atom is -0.478 e. The molecule has 0 amide bonds. The first-order chi connectivity index (χ1) is 10.8. The van der Waals surface area contributed by atoms with Crippen LogP contribution >= 0.6 is 0 Å². The quantitative estimate of drug-likeness (QED) is 0.801. The van der Waals surface area contributed by atoms with Gasteiger partial charge >= 0.3 is 17.9 Å². The minimum atomic E-state index is -5.03. The highest BCUT2D eigenvalue weighted by atomic mass is 19.4. The number of carbonyl (C=O) groups is 1. The molecule has 0 fully saturated rings. The molecule has 1 aliphatic heterocycles. The number of carboxylic acids is 1. The van der Waals surface area contributed by atoms with Crippen molar-refractivity contribution in [2.24, 2.45) is 0 Å². The third-order valence-electron chi connectivity index (χ3n) is 3.48. The summed E-state index contributed by atoms with van der Waals surface area (Å²) in [4.78, 5) is 11.4. The van der Waals surface area contributed by atoms with Crippen LogP contribution in [0.1, 0.15) is 31.7 Å². The summed E-state index contributed by atoms with van der Waals surface area (Å²) in [5.41, 5.74) is -0.706. The van der Waals surface area contributed by atoms with Crippen LogP contribution in [0.5, 0.6) is 5.75 Å². The van der Waals surface area contributed by atoms with Crippen LogP contribution in [0.25, 0.3) is 6.08 Å². The number of carboxylic acid groups (broad SMARTS) is 1. The highest BCUT2D eigenvalue weighted by molar-refractivity contribution is 5.95. The van der Waals surface area contributed by atoms with E-state index in [1.807, 2.05) is 6.92 Å². The summed E-state index contributed by atoms with van der Waals surface area (Å²) in [6.45, 7) is 1.65. The third kappa shape index (κ3) is 3.34. The highest BCUT2D eigenvalue weighted by Crippen LogP contribution is 2.46. The van der Waals surface area contributed by atoms with Crippen molar-refractivity contribution < 1.29 is 32.5 Å². The van der Waals surface area contributed by atoms with Crippen molar-refractivity contribution in [3.8, 4) is 5.75 Å². The SMILES string of the molecule is CCCCCO[C@]1(C(F)(F)F)Oc2ccccc2C=C1C(=O)O. The van der Waals surface area contributed by atoms with Gasteiger partial charge in [-0.25, -0.2) is 4.79 Å². The lowest BCUT2D eigenvalue weighted by Crippen LogP contribution is -2.57. The lowest BCUT2D eigenvalue weighted by molar-refractivity contribution is -0.334. The van der Waals surface area contributed by atoms with Crippen LogP contribution in [-0.2, 0) is 9.53 Å². The molecule has 4 nitrogen and oxygen atoms in total. The molecule has 7 heteroatoms. The fraction of sp³-hybridized carbons (Fsp3) is 0.438. The Hall–Kier alpha value is -2.02. The zero-order chi connectivity index (χ0) is 17.1. The Morgan fingerprint density at radius 3 is 2.61 bits per heavy atom. The average Bonchev–Trinajstić information content (AvgIpc) is 2.49. The molecule has 0 unspecified atom stereocenters. The van der Waals surface area contributed by atoms with Crippen LogP contribution in [0, 0.1) is 0 Å². The topological polar surface area (TPSA) is 55.8 Å². The Labute approximate surface area is 131 Å². The van der Waals surface area contributed by atoms with Gasteiger partial charge in [0.1, 0.15) is 11.3 Å². The van der Waals surface area contributed by atoms with Crippen molar-refractivity contribution in [2.45, 2.75) is 38.1 Å². The fourth-order valence-electron chi connectivity index (χ4n) is 2.32. The molecule has 126 valence electrons. The molecular formula is C16H17F3O4. The molecule has 23 heavy (non-hydrogen) atoms. The van der Waals surface area contributed by atoms with Crippen LogP contribution in [-0.4, -0.2) is 29.6 Å². The number of ether oxygens (including phenoxy) is 2. The van der Waals surface area contributed by atoms with Gasteiger partial charge < -0.3 is 14.6 Å². The Kier molecular flexibility index (Phi) is 4.99. The molecule has 0 radical (unpaired) electrons. The van der Waals surface area contributed by atoms with Crippen molar-refractivity contribution in [2.75, 3.05) is 6.61 Å². The van der Waals surface area contributed by atoms with Gasteiger partial charge in [0.05, 0.1) is 6.61 Å². The van der Waals surface area contributed by atoms with Gasteiger partial charge in [0.15, 0.2) is 0 Å². The molecule has 1 atom stereocenters. The van der Waals surface area contributed by atoms with E-state index < -0.39 is 23.5 Å². The van der Waals surface area contributed by atoms with Crippen molar-refractivity contribution in [3.05, 3.63) is 35.4 Å². The van der Waals surface area contributed by atoms with E-state index in [0.717, 1.165) is 12.5 Å². The average molecular weight is 330 g/mol. The number of benzene rings is 1. The van der Waals surface area contributed by atoms with E-state index in [1.165, 1.54) is 18.2 Å². The molecule has 1 aliphatic rings. The van der Waals surface area contributed by atoms with E-state index >= 15 is 0 Å². The molecule has 0 saturated carbocycles. The maximum Gasteiger partial charge on any atom is 0.460 e. The number of aliphatic carboxylic acids is 1. The number of hydrogen-bond acceptors (Lipinski definition) is 3. The van der Waals surface area contributed by atoms with Crippen LogP contribution < -0.4 is 4.74 Å². The van der Waals surface area contributed by atoms with Gasteiger partial charge in [-0.15, -0.1) is 0 Å². The van der Waals surface area contributed by atoms with E-state index in [4.69, 9.17) is 9.47 Å². The van der Waals surface area contributed by atoms with Gasteiger partial charge in [0.2, 0.25) is 0 Å². The second kappa shape index (κ2) is 6.62. The lowest BCUT2D eigenvalue weighted by Gasteiger charge is -2.38. The minimum absolute atomic E-state index is 0.0645. The maximum atomic E-state index is 13.7. The summed E-state index contributed by atoms with van der Waals surface area (Å²) in [6.07, 6.45) is -2.22. The zero-order valence-corrected chi connectivity index (χ0v) is 12.5. The van der Waals surface area contributed by atoms with Crippen molar-refractivity contribution in [1.82, 2.24) is 0 Å². The zero-order valence-electron chi connectivity index (χ0n) is 12.5. The third-order valence-corrected chi connectivity index (χ3v) is 3.48. The second-order valence-electron chi connectivity index (χ2n) is 5.17. The maximum absolute atomic E-state index is 13.7. The van der Waals surface area contributed by atoms with Crippen LogP contribution in [0.2, 0.25) is 0 Å². The summed E-state index contributed by atoms with van der Waals surface area (Å²) in [6, 6.07) is 5.92. The van der Waals surface area contributed by atoms with Crippen LogP contribution in [0.4, 0.5) is 13.2 Å². The molecule has 1 aromatic carbocycles. The Balaban J connectivity index is 2.45. The van der Waals surface area contributed by atoms with Gasteiger partial charge in [-0.05, 0) is 18.6 Å². The normalized spacial score (nSPS) is 20.4. The van der Waals surface area contributed by atoms with E-state index in [2.05, 4.69) is 0 Å². The van der Waals surface area contributed by atoms with Crippen molar-refractivity contribution >= 4 is 12.0 Å². The first-order valence-electron chi connectivity index (χ1n) is 7.26. The number of unbranched alkanes of at least 4 members (excludes halogenated alkanes) is 2. The van der Waals surface area contributed by atoms with E-state index in [1.54, 1.807) is 6.07 Å². The van der Waals surface area contributed by atoms with E-state index in [9.17, 15) is 23.1 Å². The number of alkyl halides is 3. The highest BCUT2D eigenvalue weighted by Gasteiger charge is 2.65. The molecule has 0 aliphatic carbocycles. The lowest BCUT2D eigenvalue weighted by atomic mass is 9.97. The fourth-order valence-corrected chi connectivity index (χ4v) is 2.32. The molecule has 2 rings (SSSR count). The number of para-hydroxylation sites is 1. The first kappa shape index (κ1) is 17.3. The largest absolute Gasteiger partial charge is 0.478 e. The Morgan fingerprint density at radius 1 is 1.30 bits per heavy atom. The van der Waals surface area contributed by atoms with Gasteiger partial charge in [-0.1, -0.05) is 38.0 Å². The molecule has 0 spiro atoms. The van der Waals surface area contributed by atoms with E-state index in [-0.39, 0.29) is 17.9 Å². The van der Waals surface area contributed by atoms with Gasteiger partial charge in [-0.2, -0.15) is 13.2 Å². The van der Waals surface area contributed by atoms with E-state index in [0.29, 0.717) is 12.8 Å². The summed E-state index contributed by atoms with van der Waals surface area (Å²) in [5, 5.41) is 9.24. The summed E-state index contributed by atoms with van der Waals surface area (Å²) in [5.74, 6) is -5.08. The molecule has 0 aromatic heterocycles. The second-order valence-corrected chi connectivity index (χ2v) is 5.17. The molecule has 0 bridgehead atoms. The van der Waals surface area contributed by atoms with Gasteiger partial charge in [-0.3, -0.25) is 0 Å². The molecular weight excluding hydrogens is 313 g/mol. The number of fused-ring (bicyclic) bond motifs is 1. The predicted molar refractivity (Wildman–Crippen MR) is 76.9 cm³/mol. The molecule has 0 saturated heterocycles. The van der Waals surface area contributed by atoms with Gasteiger partial charge in [0.25, 0.3) is 0 Å². The molecule has 1 heterocycles. The Bertz CT molecular complexity index is 610. The number of halogens is 3. The van der Waals surface area contributed by atoms with Crippen molar-refractivity contribution in [3.63, 3.8) is 0 Å². The number of rotatable bonds is 6. The van der Waals surface area contributed by atoms with Crippen LogP contribution in [0.3, 0.4) is 0 Å². The smallest absolute Gasteiger partial charge is 0.460 e. The summed E-state index contributed by atoms with van der Waals surface area (Å²) in [7, 11) is 0. The van der Waals surface area contributed by atoms with Crippen molar-refractivity contribution in [1.29, 1.82) is 0 Å². The Morgan fingerprint density at radius 2 is 2.00 bits per heavy atom. The van der Waals surface area contributed by atoms with Crippen LogP contribution in [0.15, 0.2) is 29.8 Å². The predicted octanol–water partition coefficient (Wildman–Crippen LogP) is 4.01. The summed E-state index contributed by atoms with van der Waals surface area (Å²) < 4.78 is 51.0. The van der Waals surface area contributed by atoms with Gasteiger partial charge in [0, 0.05) is 5.56 Å². The first-order valence-corrected chi connectivity index (χ1v) is 7.26. The summed E-state index contributed by atoms with van der Waals surface area (Å²) >= 11 is 0. The standard InChI is InChI=1S/C16H17F3O4/c1-2-3-6-9-22-15(16(17,18)19)12(14(20)21)10-11-7-4-5-8-13(11)23-15/h4-5,7-8,10H,2-3,6,9H2,1H3,(H,20,21)/t15-/m0/s1. The number of hydrogen-bond donors (Lipinski definition) is 1. The molecule has 1 N–H and O–H groups in total.